The van der Waals surface area contributed by atoms with E-state index in [1.165, 1.54) is 29.5 Å². The van der Waals surface area contributed by atoms with Crippen LogP contribution in [-0.4, -0.2) is 41.7 Å². The molecule has 2 aromatic carbocycles. The lowest BCUT2D eigenvalue weighted by molar-refractivity contribution is -0.384. The number of ether oxygens (including phenoxy) is 2. The molecule has 1 atom stereocenters. The van der Waals surface area contributed by atoms with Gasteiger partial charge < -0.3 is 9.47 Å². The number of nitro benzene ring substituents is 1. The van der Waals surface area contributed by atoms with Gasteiger partial charge in [-0.2, -0.15) is 0 Å². The highest BCUT2D eigenvalue weighted by Gasteiger charge is 2.25. The maximum absolute atomic E-state index is 13.2. The summed E-state index contributed by atoms with van der Waals surface area (Å²) in [5.74, 6) is 0.424. The number of aromatic nitrogens is 1. The molecule has 1 aromatic heterocycles. The first kappa shape index (κ1) is 21.9. The van der Waals surface area contributed by atoms with Gasteiger partial charge in [-0.15, -0.1) is 0 Å². The Balaban J connectivity index is 1.64. The zero-order valence-electron chi connectivity index (χ0n) is 17.6. The molecule has 4 rings (SSSR count). The summed E-state index contributed by atoms with van der Waals surface area (Å²) >= 11 is 1.42. The second-order valence-electron chi connectivity index (χ2n) is 7.30. The van der Waals surface area contributed by atoms with Crippen LogP contribution in [-0.2, 0) is 9.53 Å². The number of carbonyl (C=O) groups is 1. The highest BCUT2D eigenvalue weighted by atomic mass is 32.1. The van der Waals surface area contributed by atoms with E-state index < -0.39 is 4.92 Å². The number of carbonyl (C=O) groups excluding carboxylic acids is 1. The quantitative estimate of drug-likeness (QED) is 0.275. The fourth-order valence-corrected chi connectivity index (χ4v) is 4.55. The van der Waals surface area contributed by atoms with Gasteiger partial charge in [-0.25, -0.2) is 4.98 Å². The lowest BCUT2D eigenvalue weighted by Crippen LogP contribution is -2.36. The smallest absolute Gasteiger partial charge is 0.270 e. The molecule has 0 bridgehead atoms. The monoisotopic (exact) mass is 453 g/mol. The van der Waals surface area contributed by atoms with Crippen LogP contribution in [0.5, 0.6) is 5.75 Å². The minimum Gasteiger partial charge on any atom is -0.492 e. The largest absolute Gasteiger partial charge is 0.492 e. The molecular formula is C23H23N3O5S. The van der Waals surface area contributed by atoms with E-state index in [9.17, 15) is 14.9 Å². The average molecular weight is 454 g/mol. The molecule has 2 heterocycles. The van der Waals surface area contributed by atoms with Crippen LogP contribution in [0.1, 0.15) is 25.3 Å². The Labute approximate surface area is 189 Å². The van der Waals surface area contributed by atoms with Crippen LogP contribution in [0.4, 0.5) is 10.8 Å². The van der Waals surface area contributed by atoms with Gasteiger partial charge >= 0.3 is 0 Å². The first-order valence-electron chi connectivity index (χ1n) is 10.4. The SMILES string of the molecule is CCOc1cccc2sc(N(CC3CCCO3)C(=O)/C=C/c3cccc([N+](=O)[O-])c3)nc12. The van der Waals surface area contributed by atoms with Crippen molar-refractivity contribution >= 4 is 44.4 Å². The van der Waals surface area contributed by atoms with Gasteiger partial charge in [0.05, 0.1) is 28.9 Å². The Morgan fingerprint density at radius 2 is 2.22 bits per heavy atom. The lowest BCUT2D eigenvalue weighted by atomic mass is 10.2. The van der Waals surface area contributed by atoms with E-state index in [0.29, 0.717) is 36.2 Å². The Morgan fingerprint density at radius 1 is 1.38 bits per heavy atom. The molecule has 1 unspecified atom stereocenters. The molecular weight excluding hydrogens is 430 g/mol. The standard InChI is InChI=1S/C23H23N3O5S/c1-2-30-19-9-4-10-20-22(19)24-23(32-20)25(15-18-8-5-13-31-18)21(27)12-11-16-6-3-7-17(14-16)26(28)29/h3-4,6-7,9-12,14,18H,2,5,8,13,15H2,1H3/b12-11+. The predicted octanol–water partition coefficient (Wildman–Crippen LogP) is 4.83. The van der Waals surface area contributed by atoms with Crippen LogP contribution >= 0.6 is 11.3 Å². The molecule has 0 saturated carbocycles. The fourth-order valence-electron chi connectivity index (χ4n) is 3.55. The van der Waals surface area contributed by atoms with E-state index in [0.717, 1.165) is 23.1 Å². The number of hydrogen-bond donors (Lipinski definition) is 0. The zero-order chi connectivity index (χ0) is 22.5. The van der Waals surface area contributed by atoms with Crippen LogP contribution in [0.25, 0.3) is 16.3 Å². The van der Waals surface area contributed by atoms with Gasteiger partial charge in [0.2, 0.25) is 0 Å². The summed E-state index contributed by atoms with van der Waals surface area (Å²) in [6.07, 6.45) is 4.79. The number of hydrogen-bond acceptors (Lipinski definition) is 7. The fraction of sp³-hybridized carbons (Fsp3) is 0.304. The molecule has 0 spiro atoms. The Bertz CT molecular complexity index is 1150. The molecule has 0 aliphatic carbocycles. The summed E-state index contributed by atoms with van der Waals surface area (Å²) in [6.45, 7) is 3.51. The van der Waals surface area contributed by atoms with Gasteiger partial charge in [0.15, 0.2) is 5.13 Å². The first-order chi connectivity index (χ1) is 15.5. The van der Waals surface area contributed by atoms with Gasteiger partial charge in [-0.1, -0.05) is 29.5 Å². The van der Waals surface area contributed by atoms with Gasteiger partial charge in [-0.05, 0) is 43.5 Å². The van der Waals surface area contributed by atoms with Crippen molar-refractivity contribution in [2.24, 2.45) is 0 Å². The zero-order valence-corrected chi connectivity index (χ0v) is 18.4. The molecule has 1 fully saturated rings. The third-order valence-corrected chi connectivity index (χ3v) is 6.12. The summed E-state index contributed by atoms with van der Waals surface area (Å²) in [6, 6.07) is 11.9. The lowest BCUT2D eigenvalue weighted by Gasteiger charge is -2.21. The summed E-state index contributed by atoms with van der Waals surface area (Å²) in [5, 5.41) is 11.6. The van der Waals surface area contributed by atoms with Crippen LogP contribution in [0.3, 0.4) is 0 Å². The predicted molar refractivity (Wildman–Crippen MR) is 124 cm³/mol. The van der Waals surface area contributed by atoms with Gasteiger partial charge in [0.1, 0.15) is 11.3 Å². The van der Waals surface area contributed by atoms with E-state index in [1.54, 1.807) is 23.1 Å². The van der Waals surface area contributed by atoms with Crippen molar-refractivity contribution in [3.63, 3.8) is 0 Å². The van der Waals surface area contributed by atoms with Gasteiger partial charge in [0, 0.05) is 24.8 Å². The third kappa shape index (κ3) is 4.95. The topological polar surface area (TPSA) is 94.8 Å². The average Bonchev–Trinajstić information content (AvgIpc) is 3.46. The van der Waals surface area contributed by atoms with E-state index in [4.69, 9.17) is 14.5 Å². The van der Waals surface area contributed by atoms with Crippen molar-refractivity contribution < 1.29 is 19.2 Å². The van der Waals surface area contributed by atoms with E-state index >= 15 is 0 Å². The van der Waals surface area contributed by atoms with Crippen molar-refractivity contribution in [1.82, 2.24) is 4.98 Å². The number of rotatable bonds is 8. The Kier molecular flexibility index (Phi) is 6.77. The van der Waals surface area contributed by atoms with E-state index in [2.05, 4.69) is 0 Å². The summed E-state index contributed by atoms with van der Waals surface area (Å²) < 4.78 is 12.4. The number of amides is 1. The summed E-state index contributed by atoms with van der Waals surface area (Å²) in [4.78, 5) is 30.1. The summed E-state index contributed by atoms with van der Waals surface area (Å²) in [5.41, 5.74) is 1.28. The summed E-state index contributed by atoms with van der Waals surface area (Å²) in [7, 11) is 0. The van der Waals surface area contributed by atoms with Gasteiger partial charge in [-0.3, -0.25) is 19.8 Å². The molecule has 0 N–H and O–H groups in total. The van der Waals surface area contributed by atoms with Crippen molar-refractivity contribution in [1.29, 1.82) is 0 Å². The van der Waals surface area contributed by atoms with Gasteiger partial charge in [0.25, 0.3) is 11.6 Å². The second kappa shape index (κ2) is 9.88. The molecule has 1 aliphatic rings. The van der Waals surface area contributed by atoms with E-state index in [1.807, 2.05) is 25.1 Å². The molecule has 166 valence electrons. The number of benzene rings is 2. The first-order valence-corrected chi connectivity index (χ1v) is 11.2. The number of nitro groups is 1. The number of para-hydroxylation sites is 1. The van der Waals surface area contributed by atoms with Crippen molar-refractivity contribution in [2.45, 2.75) is 25.9 Å². The maximum Gasteiger partial charge on any atom is 0.270 e. The molecule has 1 amide bonds. The van der Waals surface area contributed by atoms with Crippen LogP contribution in [0.15, 0.2) is 48.5 Å². The Morgan fingerprint density at radius 3 is 2.97 bits per heavy atom. The van der Waals surface area contributed by atoms with Crippen molar-refractivity contribution in [3.8, 4) is 5.75 Å². The van der Waals surface area contributed by atoms with Crippen LogP contribution in [0.2, 0.25) is 0 Å². The third-order valence-electron chi connectivity index (χ3n) is 5.08. The normalized spacial score (nSPS) is 16.0. The molecule has 8 nitrogen and oxygen atoms in total. The Hall–Kier alpha value is -3.30. The number of non-ortho nitro benzene ring substituents is 1. The highest BCUT2D eigenvalue weighted by Crippen LogP contribution is 2.35. The molecule has 9 heteroatoms. The minimum atomic E-state index is -0.458. The number of nitrogens with zero attached hydrogens (tertiary/aromatic N) is 3. The maximum atomic E-state index is 13.2. The molecule has 1 saturated heterocycles. The minimum absolute atomic E-state index is 0.0227. The van der Waals surface area contributed by atoms with Crippen molar-refractivity contribution in [3.05, 3.63) is 64.2 Å². The molecule has 0 radical (unpaired) electrons. The van der Waals surface area contributed by atoms with E-state index in [-0.39, 0.29) is 17.7 Å². The molecule has 32 heavy (non-hydrogen) atoms. The van der Waals surface area contributed by atoms with Crippen LogP contribution in [0, 0.1) is 10.1 Å². The molecule has 1 aliphatic heterocycles. The second-order valence-corrected chi connectivity index (χ2v) is 8.31. The number of fused-ring (bicyclic) bond motifs is 1. The number of anilines is 1. The molecule has 3 aromatic rings. The van der Waals surface area contributed by atoms with Crippen molar-refractivity contribution in [2.75, 3.05) is 24.7 Å². The highest BCUT2D eigenvalue weighted by molar-refractivity contribution is 7.22. The number of thiazole rings is 1. The van der Waals surface area contributed by atoms with Crippen LogP contribution < -0.4 is 9.64 Å².